The Bertz CT molecular complexity index is 598. The van der Waals surface area contributed by atoms with Crippen LogP contribution in [-0.2, 0) is 10.0 Å². The number of nitrogens with zero attached hydrogens (tertiary/aromatic N) is 2. The fourth-order valence-corrected chi connectivity index (χ4v) is 4.04. The van der Waals surface area contributed by atoms with E-state index in [0.29, 0.717) is 42.7 Å². The van der Waals surface area contributed by atoms with Crippen LogP contribution in [0.25, 0.3) is 0 Å². The summed E-state index contributed by atoms with van der Waals surface area (Å²) in [5.41, 5.74) is -5.97. The van der Waals surface area contributed by atoms with Gasteiger partial charge in [-0.1, -0.05) is 0 Å². The van der Waals surface area contributed by atoms with Crippen molar-refractivity contribution in [3.63, 3.8) is 0 Å². The topological polar surface area (TPSA) is 94.0 Å². The molecule has 0 aromatic rings. The summed E-state index contributed by atoms with van der Waals surface area (Å²) in [7, 11) is -5.24. The molecule has 0 aromatic heterocycles. The summed E-state index contributed by atoms with van der Waals surface area (Å²) in [5, 5.41) is 16.3. The molecule has 2 rings (SSSR count). The number of rotatable bonds is 6. The van der Waals surface area contributed by atoms with E-state index in [9.17, 15) is 26.7 Å². The monoisotopic (exact) mass is 400 g/mol. The maximum absolute atomic E-state index is 12.6. The van der Waals surface area contributed by atoms with Gasteiger partial charge in [0.25, 0.3) is 0 Å². The minimum atomic E-state index is -5.25. The van der Waals surface area contributed by atoms with Crippen LogP contribution >= 0.6 is 0 Å². The minimum Gasteiger partial charge on any atom is -0.388 e. The molecule has 3 N–H and O–H groups in total. The van der Waals surface area contributed by atoms with Crippen LogP contribution in [-0.4, -0.2) is 67.6 Å². The first-order chi connectivity index (χ1) is 12.1. The van der Waals surface area contributed by atoms with Gasteiger partial charge in [-0.05, 0) is 44.9 Å². The summed E-state index contributed by atoms with van der Waals surface area (Å²) < 4.78 is 61.1. The van der Waals surface area contributed by atoms with E-state index in [1.165, 1.54) is 0 Å². The summed E-state index contributed by atoms with van der Waals surface area (Å²) in [4.78, 5) is 4.37. The molecule has 2 fully saturated rings. The number of sulfonamides is 1. The molecule has 0 aromatic carbocycles. The zero-order chi connectivity index (χ0) is 19.4. The van der Waals surface area contributed by atoms with Crippen LogP contribution in [0, 0.1) is 5.92 Å². The van der Waals surface area contributed by atoms with Crippen molar-refractivity contribution in [2.75, 3.05) is 32.7 Å². The Morgan fingerprint density at radius 2 is 1.88 bits per heavy atom. The highest BCUT2D eigenvalue weighted by Gasteiger charge is 2.50. The molecule has 0 atom stereocenters. The molecule has 1 aliphatic carbocycles. The Kier molecular flexibility index (Phi) is 6.78. The summed E-state index contributed by atoms with van der Waals surface area (Å²) in [6.45, 7) is 3.08. The second-order valence-electron chi connectivity index (χ2n) is 6.95. The number of aliphatic imine (C=N–C) groups is 1. The zero-order valence-corrected chi connectivity index (χ0v) is 15.7. The minimum absolute atomic E-state index is 0.0605. The molecule has 0 bridgehead atoms. The van der Waals surface area contributed by atoms with E-state index in [-0.39, 0.29) is 19.0 Å². The van der Waals surface area contributed by atoms with Gasteiger partial charge in [-0.3, -0.25) is 4.99 Å². The van der Waals surface area contributed by atoms with Crippen molar-refractivity contribution in [3.8, 4) is 0 Å². The van der Waals surface area contributed by atoms with Crippen LogP contribution in [0.4, 0.5) is 13.2 Å². The molecule has 1 saturated carbocycles. The maximum Gasteiger partial charge on any atom is 0.511 e. The van der Waals surface area contributed by atoms with Gasteiger partial charge < -0.3 is 15.7 Å². The van der Waals surface area contributed by atoms with E-state index < -0.39 is 21.1 Å². The molecule has 152 valence electrons. The Morgan fingerprint density at radius 3 is 2.35 bits per heavy atom. The van der Waals surface area contributed by atoms with Gasteiger partial charge in [-0.15, -0.1) is 0 Å². The fourth-order valence-electron chi connectivity index (χ4n) is 3.05. The smallest absolute Gasteiger partial charge is 0.388 e. The molecule has 0 unspecified atom stereocenters. The van der Waals surface area contributed by atoms with Crippen molar-refractivity contribution in [2.24, 2.45) is 10.9 Å². The van der Waals surface area contributed by atoms with Gasteiger partial charge in [0.05, 0.1) is 12.1 Å². The van der Waals surface area contributed by atoms with Gasteiger partial charge in [0, 0.05) is 26.2 Å². The number of halogens is 3. The number of hydrogen-bond acceptors (Lipinski definition) is 4. The quantitative estimate of drug-likeness (QED) is 0.457. The molecule has 0 spiro atoms. The summed E-state index contributed by atoms with van der Waals surface area (Å²) >= 11 is 0. The van der Waals surface area contributed by atoms with Gasteiger partial charge in [0.1, 0.15) is 0 Å². The second kappa shape index (κ2) is 8.30. The van der Waals surface area contributed by atoms with Gasteiger partial charge in [-0.25, -0.2) is 8.42 Å². The van der Waals surface area contributed by atoms with Gasteiger partial charge >= 0.3 is 15.5 Å². The highest BCUT2D eigenvalue weighted by Crippen LogP contribution is 2.32. The van der Waals surface area contributed by atoms with Crippen molar-refractivity contribution in [1.82, 2.24) is 14.9 Å². The number of nitrogens with one attached hydrogen (secondary N) is 2. The number of aliphatic hydroxyl groups is 1. The Morgan fingerprint density at radius 1 is 1.27 bits per heavy atom. The van der Waals surface area contributed by atoms with Crippen molar-refractivity contribution in [2.45, 2.75) is 50.1 Å². The summed E-state index contributed by atoms with van der Waals surface area (Å²) in [5.74, 6) is 0.614. The standard InChI is InChI=1S/C15H27F3N4O3S/c1-2-19-13(21-11-14(23)6-3-7-14)20-10-12-4-8-22(9-5-12)26(24,25)15(16,17)18/h12,23H,2-11H2,1H3,(H2,19,20,21). The summed E-state index contributed by atoms with van der Waals surface area (Å²) in [6.07, 6.45) is 3.18. The molecule has 26 heavy (non-hydrogen) atoms. The van der Waals surface area contributed by atoms with Crippen molar-refractivity contribution >= 4 is 16.0 Å². The first-order valence-electron chi connectivity index (χ1n) is 8.88. The number of guanidine groups is 1. The van der Waals surface area contributed by atoms with Crippen molar-refractivity contribution in [1.29, 1.82) is 0 Å². The first kappa shape index (κ1) is 21.2. The fraction of sp³-hybridized carbons (Fsp3) is 0.933. The Balaban J connectivity index is 1.81. The molecule has 1 heterocycles. The third kappa shape index (κ3) is 5.23. The van der Waals surface area contributed by atoms with Crippen LogP contribution < -0.4 is 10.6 Å². The highest BCUT2D eigenvalue weighted by molar-refractivity contribution is 7.90. The molecule has 0 amide bonds. The van der Waals surface area contributed by atoms with E-state index in [4.69, 9.17) is 0 Å². The average molecular weight is 400 g/mol. The molecule has 2 aliphatic rings. The zero-order valence-electron chi connectivity index (χ0n) is 14.8. The lowest BCUT2D eigenvalue weighted by Gasteiger charge is -2.35. The third-order valence-electron chi connectivity index (χ3n) is 4.92. The van der Waals surface area contributed by atoms with Gasteiger partial charge in [-0.2, -0.15) is 17.5 Å². The molecule has 11 heteroatoms. The lowest BCUT2D eigenvalue weighted by molar-refractivity contribution is -0.0496. The van der Waals surface area contributed by atoms with Crippen LogP contribution in [0.2, 0.25) is 0 Å². The average Bonchev–Trinajstić information content (AvgIpc) is 2.55. The SMILES string of the molecule is CCNC(=NCC1(O)CCC1)NCC1CCN(S(=O)(=O)C(F)(F)F)CC1. The molecular weight excluding hydrogens is 373 g/mol. The van der Waals surface area contributed by atoms with E-state index in [0.717, 1.165) is 19.3 Å². The molecule has 0 radical (unpaired) electrons. The molecule has 1 saturated heterocycles. The van der Waals surface area contributed by atoms with Crippen LogP contribution in [0.3, 0.4) is 0 Å². The molecule has 7 nitrogen and oxygen atoms in total. The lowest BCUT2D eigenvalue weighted by atomic mass is 9.80. The van der Waals surface area contributed by atoms with Crippen molar-refractivity contribution in [3.05, 3.63) is 0 Å². The van der Waals surface area contributed by atoms with E-state index >= 15 is 0 Å². The van der Waals surface area contributed by atoms with Crippen LogP contribution in [0.15, 0.2) is 4.99 Å². The van der Waals surface area contributed by atoms with E-state index in [2.05, 4.69) is 15.6 Å². The van der Waals surface area contributed by atoms with Crippen LogP contribution in [0.5, 0.6) is 0 Å². The Labute approximate surface area is 152 Å². The lowest BCUT2D eigenvalue weighted by Crippen LogP contribution is -2.47. The first-order valence-corrected chi connectivity index (χ1v) is 10.3. The Hall–Kier alpha value is -1.07. The van der Waals surface area contributed by atoms with E-state index in [1.807, 2.05) is 6.92 Å². The second-order valence-corrected chi connectivity index (χ2v) is 8.88. The molecular formula is C15H27F3N4O3S. The van der Waals surface area contributed by atoms with Crippen molar-refractivity contribution < 1.29 is 26.7 Å². The normalized spacial score (nSPS) is 22.7. The molecule has 1 aliphatic heterocycles. The highest BCUT2D eigenvalue weighted by atomic mass is 32.2. The predicted molar refractivity (Wildman–Crippen MR) is 92.1 cm³/mol. The largest absolute Gasteiger partial charge is 0.511 e. The number of piperidine rings is 1. The third-order valence-corrected chi connectivity index (χ3v) is 6.55. The van der Waals surface area contributed by atoms with Gasteiger partial charge in [0.2, 0.25) is 0 Å². The predicted octanol–water partition coefficient (Wildman–Crippen LogP) is 1.02. The number of hydrogen-bond donors (Lipinski definition) is 3. The number of alkyl halides is 3. The van der Waals surface area contributed by atoms with Gasteiger partial charge in [0.15, 0.2) is 5.96 Å². The summed E-state index contributed by atoms with van der Waals surface area (Å²) in [6, 6.07) is 0. The van der Waals surface area contributed by atoms with Crippen LogP contribution in [0.1, 0.15) is 39.0 Å². The van der Waals surface area contributed by atoms with E-state index in [1.54, 1.807) is 0 Å². The maximum atomic E-state index is 12.6.